The lowest BCUT2D eigenvalue weighted by Crippen LogP contribution is -2.33. The van der Waals surface area contributed by atoms with Gasteiger partial charge in [0.1, 0.15) is 6.33 Å². The molecule has 3 rings (SSSR count). The van der Waals surface area contributed by atoms with Crippen LogP contribution in [0.15, 0.2) is 18.7 Å². The van der Waals surface area contributed by atoms with Gasteiger partial charge in [0, 0.05) is 25.0 Å². The van der Waals surface area contributed by atoms with Gasteiger partial charge in [-0.05, 0) is 31.4 Å². The zero-order valence-corrected chi connectivity index (χ0v) is 11.8. The Kier molecular flexibility index (Phi) is 3.79. The third-order valence-corrected chi connectivity index (χ3v) is 3.32. The standard InChI is InChI=1S/C12H15ClN6O/c1-8-6-9(2-5-20-8)15-11-16-10(13)17-12(18-11)19-4-3-14-7-19/h3-4,7-9H,2,5-6H2,1H3,(H,15,16,17,18). The van der Waals surface area contributed by atoms with E-state index in [1.54, 1.807) is 23.3 Å². The quantitative estimate of drug-likeness (QED) is 0.928. The molecule has 2 aromatic rings. The van der Waals surface area contributed by atoms with Crippen LogP contribution in [0.3, 0.4) is 0 Å². The summed E-state index contributed by atoms with van der Waals surface area (Å²) in [7, 11) is 0. The van der Waals surface area contributed by atoms with Crippen LogP contribution in [0.4, 0.5) is 5.95 Å². The average molecular weight is 295 g/mol. The van der Waals surface area contributed by atoms with Crippen molar-refractivity contribution in [2.24, 2.45) is 0 Å². The molecule has 2 atom stereocenters. The van der Waals surface area contributed by atoms with E-state index in [-0.39, 0.29) is 17.4 Å². The smallest absolute Gasteiger partial charge is 0.241 e. The van der Waals surface area contributed by atoms with E-state index < -0.39 is 0 Å². The topological polar surface area (TPSA) is 77.8 Å². The second kappa shape index (κ2) is 5.72. The molecule has 2 aromatic heterocycles. The fourth-order valence-electron chi connectivity index (χ4n) is 2.21. The number of rotatable bonds is 3. The van der Waals surface area contributed by atoms with Crippen molar-refractivity contribution in [3.05, 3.63) is 24.0 Å². The molecule has 1 aliphatic heterocycles. The normalized spacial score (nSPS) is 22.7. The molecule has 1 N–H and O–H groups in total. The second-order valence-electron chi connectivity index (χ2n) is 4.75. The lowest BCUT2D eigenvalue weighted by atomic mass is 10.0. The van der Waals surface area contributed by atoms with Crippen LogP contribution in [0.25, 0.3) is 5.95 Å². The Labute approximate surface area is 121 Å². The number of hydrogen-bond acceptors (Lipinski definition) is 6. The van der Waals surface area contributed by atoms with E-state index in [1.165, 1.54) is 0 Å². The van der Waals surface area contributed by atoms with Gasteiger partial charge in [-0.25, -0.2) is 4.98 Å². The van der Waals surface area contributed by atoms with Crippen molar-refractivity contribution in [2.45, 2.75) is 31.9 Å². The molecule has 0 amide bonds. The van der Waals surface area contributed by atoms with Gasteiger partial charge in [-0.3, -0.25) is 4.57 Å². The number of ether oxygens (including phenoxy) is 1. The van der Waals surface area contributed by atoms with Crippen LogP contribution < -0.4 is 5.32 Å². The van der Waals surface area contributed by atoms with Crippen LogP contribution >= 0.6 is 11.6 Å². The van der Waals surface area contributed by atoms with Crippen LogP contribution in [0.5, 0.6) is 0 Å². The highest BCUT2D eigenvalue weighted by Gasteiger charge is 2.20. The minimum absolute atomic E-state index is 0.159. The predicted molar refractivity (Wildman–Crippen MR) is 74.0 cm³/mol. The first-order chi connectivity index (χ1) is 9.70. The molecule has 106 valence electrons. The SMILES string of the molecule is CC1CC(Nc2nc(Cl)nc(-n3ccnc3)n2)CCO1. The summed E-state index contributed by atoms with van der Waals surface area (Å²) in [5, 5.41) is 3.45. The molecule has 3 heterocycles. The largest absolute Gasteiger partial charge is 0.378 e. The minimum atomic E-state index is 0.159. The van der Waals surface area contributed by atoms with Gasteiger partial charge in [-0.15, -0.1) is 0 Å². The van der Waals surface area contributed by atoms with Gasteiger partial charge < -0.3 is 10.1 Å². The van der Waals surface area contributed by atoms with Crippen molar-refractivity contribution in [1.29, 1.82) is 0 Å². The lowest BCUT2D eigenvalue weighted by Gasteiger charge is -2.27. The molecule has 7 nitrogen and oxygen atoms in total. The zero-order valence-electron chi connectivity index (χ0n) is 11.0. The van der Waals surface area contributed by atoms with E-state index in [2.05, 4.69) is 32.2 Å². The highest BCUT2D eigenvalue weighted by atomic mass is 35.5. The van der Waals surface area contributed by atoms with E-state index >= 15 is 0 Å². The Bertz CT molecular complexity index is 575. The Balaban J connectivity index is 1.79. The molecular weight excluding hydrogens is 280 g/mol. The van der Waals surface area contributed by atoms with Gasteiger partial charge in [0.25, 0.3) is 0 Å². The van der Waals surface area contributed by atoms with Crippen molar-refractivity contribution >= 4 is 17.5 Å². The Morgan fingerprint density at radius 1 is 1.40 bits per heavy atom. The van der Waals surface area contributed by atoms with Crippen molar-refractivity contribution in [1.82, 2.24) is 24.5 Å². The molecule has 2 unspecified atom stereocenters. The third kappa shape index (κ3) is 3.05. The Morgan fingerprint density at radius 3 is 3.05 bits per heavy atom. The molecule has 20 heavy (non-hydrogen) atoms. The van der Waals surface area contributed by atoms with Crippen molar-refractivity contribution in [3.63, 3.8) is 0 Å². The number of nitrogens with zero attached hydrogens (tertiary/aromatic N) is 5. The average Bonchev–Trinajstić information content (AvgIpc) is 2.91. The van der Waals surface area contributed by atoms with Crippen LogP contribution in [0, 0.1) is 0 Å². The van der Waals surface area contributed by atoms with Gasteiger partial charge >= 0.3 is 0 Å². The maximum atomic E-state index is 5.95. The third-order valence-electron chi connectivity index (χ3n) is 3.15. The van der Waals surface area contributed by atoms with E-state index in [1.807, 2.05) is 0 Å². The first-order valence-corrected chi connectivity index (χ1v) is 6.86. The molecule has 0 bridgehead atoms. The second-order valence-corrected chi connectivity index (χ2v) is 5.08. The summed E-state index contributed by atoms with van der Waals surface area (Å²) in [4.78, 5) is 16.5. The fraction of sp³-hybridized carbons (Fsp3) is 0.500. The van der Waals surface area contributed by atoms with E-state index in [0.717, 1.165) is 19.4 Å². The summed E-state index contributed by atoms with van der Waals surface area (Å²) in [6.45, 7) is 2.80. The van der Waals surface area contributed by atoms with Crippen LogP contribution in [0.2, 0.25) is 5.28 Å². The first kappa shape index (κ1) is 13.3. The molecule has 1 fully saturated rings. The summed E-state index contributed by atoms with van der Waals surface area (Å²) in [5.74, 6) is 0.929. The van der Waals surface area contributed by atoms with Crippen LogP contribution in [-0.2, 0) is 4.74 Å². The minimum Gasteiger partial charge on any atom is -0.378 e. The summed E-state index contributed by atoms with van der Waals surface area (Å²) in [6, 6.07) is 0.285. The van der Waals surface area contributed by atoms with Gasteiger partial charge in [0.05, 0.1) is 6.10 Å². The lowest BCUT2D eigenvalue weighted by molar-refractivity contribution is 0.0231. The maximum absolute atomic E-state index is 5.95. The molecule has 0 saturated carbocycles. The highest BCUT2D eigenvalue weighted by Crippen LogP contribution is 2.18. The summed E-state index contributed by atoms with van der Waals surface area (Å²) in [6.07, 6.45) is 7.12. The van der Waals surface area contributed by atoms with Gasteiger partial charge in [0.15, 0.2) is 0 Å². The zero-order chi connectivity index (χ0) is 13.9. The van der Waals surface area contributed by atoms with Crippen molar-refractivity contribution in [3.8, 4) is 5.95 Å². The predicted octanol–water partition coefficient (Wildman–Crippen LogP) is 1.69. The van der Waals surface area contributed by atoms with Gasteiger partial charge in [-0.1, -0.05) is 0 Å². The molecule has 8 heteroatoms. The van der Waals surface area contributed by atoms with Crippen LogP contribution in [-0.4, -0.2) is 43.3 Å². The van der Waals surface area contributed by atoms with Gasteiger partial charge in [-0.2, -0.15) is 15.0 Å². The summed E-state index contributed by atoms with van der Waals surface area (Å²) < 4.78 is 7.21. The van der Waals surface area contributed by atoms with Crippen LogP contribution in [0.1, 0.15) is 19.8 Å². The summed E-state index contributed by atoms with van der Waals surface area (Å²) in [5.41, 5.74) is 0. The fourth-order valence-corrected chi connectivity index (χ4v) is 2.36. The molecule has 0 radical (unpaired) electrons. The molecular formula is C12H15ClN6O. The van der Waals surface area contributed by atoms with Gasteiger partial charge in [0.2, 0.25) is 17.2 Å². The van der Waals surface area contributed by atoms with E-state index in [9.17, 15) is 0 Å². The number of anilines is 1. The summed E-state index contributed by atoms with van der Waals surface area (Å²) >= 11 is 5.95. The van der Waals surface area contributed by atoms with E-state index in [0.29, 0.717) is 11.9 Å². The van der Waals surface area contributed by atoms with Crippen molar-refractivity contribution < 1.29 is 4.74 Å². The Hall–Kier alpha value is -1.73. The van der Waals surface area contributed by atoms with Crippen molar-refractivity contribution in [2.75, 3.05) is 11.9 Å². The molecule has 0 aromatic carbocycles. The molecule has 0 aliphatic carbocycles. The van der Waals surface area contributed by atoms with E-state index in [4.69, 9.17) is 16.3 Å². The number of aromatic nitrogens is 5. The Morgan fingerprint density at radius 2 is 2.30 bits per heavy atom. The number of imidazole rings is 1. The molecule has 1 saturated heterocycles. The monoisotopic (exact) mass is 294 g/mol. The molecule has 0 spiro atoms. The highest BCUT2D eigenvalue weighted by molar-refractivity contribution is 6.28. The molecule has 1 aliphatic rings. The first-order valence-electron chi connectivity index (χ1n) is 6.49. The number of halogens is 1. The number of nitrogens with one attached hydrogen (secondary N) is 1. The maximum Gasteiger partial charge on any atom is 0.241 e. The number of hydrogen-bond donors (Lipinski definition) is 1.